The topological polar surface area (TPSA) is 79.0 Å². The number of rotatable bonds is 5. The van der Waals surface area contributed by atoms with Crippen LogP contribution in [0.25, 0.3) is 0 Å². The molecular weight excluding hydrogens is 260 g/mol. The fourth-order valence-electron chi connectivity index (χ4n) is 2.48. The number of nitrogens with one attached hydrogen (secondary N) is 1. The molecule has 0 bridgehead atoms. The predicted octanol–water partition coefficient (Wildman–Crippen LogP) is 0.919. The third-order valence-electron chi connectivity index (χ3n) is 3.57. The number of ether oxygens (including phenoxy) is 2. The van der Waals surface area contributed by atoms with Crippen LogP contribution in [-0.4, -0.2) is 19.9 Å². The van der Waals surface area contributed by atoms with Gasteiger partial charge < -0.3 is 14.7 Å². The van der Waals surface area contributed by atoms with Crippen molar-refractivity contribution in [2.24, 2.45) is 0 Å². The zero-order valence-electron chi connectivity index (χ0n) is 11.8. The Morgan fingerprint density at radius 3 is 2.90 bits per heavy atom. The Morgan fingerprint density at radius 2 is 2.30 bits per heavy atom. The molecule has 1 aromatic rings. The number of hydroxylamine groups is 2. The van der Waals surface area contributed by atoms with E-state index in [1.165, 1.54) is 0 Å². The first-order valence-electron chi connectivity index (χ1n) is 6.45. The third-order valence-corrected chi connectivity index (χ3v) is 3.57. The molecule has 1 N–H and O–H groups in total. The Morgan fingerprint density at radius 1 is 1.55 bits per heavy atom. The van der Waals surface area contributed by atoms with Gasteiger partial charge in [-0.3, -0.25) is 0 Å². The molecule has 0 aliphatic carbocycles. The Balaban J connectivity index is 2.41. The van der Waals surface area contributed by atoms with E-state index in [1.807, 2.05) is 13.0 Å². The first-order valence-corrected chi connectivity index (χ1v) is 6.45. The molecule has 1 heterocycles. The standard InChI is InChI=1S/C14H18N2O4/c1-4-19-16(17)13-14(2,7-8-15)11-6-5-10(18-3)9-12(11)20-13/h5-6,9,13,16H,4,7H2,1-3H3. The zero-order chi connectivity index (χ0) is 14.8. The number of methoxy groups -OCH3 is 1. The van der Waals surface area contributed by atoms with Gasteiger partial charge in [0.2, 0.25) is 0 Å². The molecule has 1 aliphatic rings. The number of quaternary nitrogens is 1. The quantitative estimate of drug-likeness (QED) is 0.810. The van der Waals surface area contributed by atoms with E-state index in [-0.39, 0.29) is 13.0 Å². The largest absolute Gasteiger partial charge is 0.597 e. The van der Waals surface area contributed by atoms with E-state index in [2.05, 4.69) is 6.07 Å². The van der Waals surface area contributed by atoms with E-state index in [0.717, 1.165) is 5.56 Å². The minimum absolute atomic E-state index is 0.176. The SMILES string of the molecule is CCO[NH+]([O-])C1Oc2cc(OC)ccc2C1(C)CC#N. The van der Waals surface area contributed by atoms with E-state index < -0.39 is 16.9 Å². The van der Waals surface area contributed by atoms with Crippen LogP contribution in [-0.2, 0) is 10.3 Å². The highest BCUT2D eigenvalue weighted by atomic mass is 16.9. The van der Waals surface area contributed by atoms with E-state index in [4.69, 9.17) is 19.6 Å². The second-order valence-electron chi connectivity index (χ2n) is 4.86. The maximum absolute atomic E-state index is 12.1. The minimum atomic E-state index is -0.802. The molecule has 1 aliphatic heterocycles. The Bertz CT molecular complexity index is 528. The molecule has 2 rings (SSSR count). The van der Waals surface area contributed by atoms with Crippen molar-refractivity contribution < 1.29 is 19.5 Å². The number of hydrogen-bond acceptors (Lipinski definition) is 5. The predicted molar refractivity (Wildman–Crippen MR) is 70.9 cm³/mol. The molecule has 0 spiro atoms. The average molecular weight is 278 g/mol. The van der Waals surface area contributed by atoms with E-state index in [0.29, 0.717) is 11.5 Å². The van der Waals surface area contributed by atoms with Crippen molar-refractivity contribution in [2.45, 2.75) is 31.9 Å². The summed E-state index contributed by atoms with van der Waals surface area (Å²) >= 11 is 0. The number of nitrogens with zero attached hydrogens (tertiary/aromatic N) is 1. The minimum Gasteiger partial charge on any atom is -0.597 e. The molecule has 0 aromatic heterocycles. The van der Waals surface area contributed by atoms with Crippen LogP contribution in [0.15, 0.2) is 18.2 Å². The Kier molecular flexibility index (Phi) is 4.14. The van der Waals surface area contributed by atoms with Gasteiger partial charge in [-0.15, -0.1) is 0 Å². The molecule has 6 nitrogen and oxygen atoms in total. The van der Waals surface area contributed by atoms with Crippen LogP contribution < -0.4 is 14.7 Å². The van der Waals surface area contributed by atoms with Crippen LogP contribution in [0.1, 0.15) is 25.8 Å². The Labute approximate surface area is 118 Å². The average Bonchev–Trinajstić information content (AvgIpc) is 2.72. The van der Waals surface area contributed by atoms with Crippen LogP contribution in [0.2, 0.25) is 0 Å². The highest BCUT2D eigenvalue weighted by molar-refractivity contribution is 5.48. The number of hydrogen-bond donors (Lipinski definition) is 1. The van der Waals surface area contributed by atoms with Crippen LogP contribution >= 0.6 is 0 Å². The van der Waals surface area contributed by atoms with Gasteiger partial charge in [0.05, 0.1) is 19.6 Å². The lowest BCUT2D eigenvalue weighted by Gasteiger charge is -2.33. The van der Waals surface area contributed by atoms with Gasteiger partial charge in [0.1, 0.15) is 23.5 Å². The Hall–Kier alpha value is -1.81. The van der Waals surface area contributed by atoms with Gasteiger partial charge in [-0.25, -0.2) is 4.84 Å². The van der Waals surface area contributed by atoms with Gasteiger partial charge in [0.15, 0.2) is 0 Å². The summed E-state index contributed by atoms with van der Waals surface area (Å²) in [5.74, 6) is 1.22. The van der Waals surface area contributed by atoms with E-state index in [1.54, 1.807) is 26.2 Å². The lowest BCUT2D eigenvalue weighted by atomic mass is 9.79. The molecule has 108 valence electrons. The van der Waals surface area contributed by atoms with Crippen molar-refractivity contribution in [3.63, 3.8) is 0 Å². The zero-order valence-corrected chi connectivity index (χ0v) is 11.8. The molecular formula is C14H18N2O4. The van der Waals surface area contributed by atoms with Crippen molar-refractivity contribution in [2.75, 3.05) is 13.7 Å². The van der Waals surface area contributed by atoms with Crippen LogP contribution in [0.5, 0.6) is 11.5 Å². The van der Waals surface area contributed by atoms with Gasteiger partial charge in [-0.2, -0.15) is 10.5 Å². The van der Waals surface area contributed by atoms with E-state index in [9.17, 15) is 5.21 Å². The lowest BCUT2D eigenvalue weighted by molar-refractivity contribution is -1.09. The number of benzene rings is 1. The van der Waals surface area contributed by atoms with Crippen molar-refractivity contribution in [3.8, 4) is 17.6 Å². The van der Waals surface area contributed by atoms with Crippen LogP contribution in [0, 0.1) is 16.5 Å². The molecule has 0 saturated heterocycles. The molecule has 6 heteroatoms. The van der Waals surface area contributed by atoms with Gasteiger partial charge in [0.25, 0.3) is 6.23 Å². The summed E-state index contributed by atoms with van der Waals surface area (Å²) in [6.07, 6.45) is -0.625. The molecule has 1 aromatic carbocycles. The van der Waals surface area contributed by atoms with Crippen molar-refractivity contribution in [3.05, 3.63) is 29.0 Å². The summed E-state index contributed by atoms with van der Waals surface area (Å²) in [6, 6.07) is 7.49. The fraction of sp³-hybridized carbons (Fsp3) is 0.500. The fourth-order valence-corrected chi connectivity index (χ4v) is 2.48. The van der Waals surface area contributed by atoms with Gasteiger partial charge in [0, 0.05) is 11.6 Å². The molecule has 3 unspecified atom stereocenters. The van der Waals surface area contributed by atoms with Crippen molar-refractivity contribution in [1.82, 2.24) is 0 Å². The van der Waals surface area contributed by atoms with Gasteiger partial charge in [-0.05, 0) is 19.9 Å². The first kappa shape index (κ1) is 14.6. The monoisotopic (exact) mass is 278 g/mol. The number of fused-ring (bicyclic) bond motifs is 1. The highest BCUT2D eigenvalue weighted by Gasteiger charge is 2.50. The summed E-state index contributed by atoms with van der Waals surface area (Å²) in [5.41, 5.74) is 0.126. The summed E-state index contributed by atoms with van der Waals surface area (Å²) in [5, 5.41) is 20.7. The van der Waals surface area contributed by atoms with Crippen LogP contribution in [0.4, 0.5) is 0 Å². The van der Waals surface area contributed by atoms with Crippen molar-refractivity contribution >= 4 is 0 Å². The molecule has 0 radical (unpaired) electrons. The molecule has 20 heavy (non-hydrogen) atoms. The second-order valence-corrected chi connectivity index (χ2v) is 4.86. The second kappa shape index (κ2) is 5.67. The number of nitriles is 1. The molecule has 0 amide bonds. The highest BCUT2D eigenvalue weighted by Crippen LogP contribution is 2.44. The van der Waals surface area contributed by atoms with Crippen LogP contribution in [0.3, 0.4) is 0 Å². The van der Waals surface area contributed by atoms with E-state index >= 15 is 0 Å². The maximum Gasteiger partial charge on any atom is 0.271 e. The molecule has 0 fully saturated rings. The molecule has 3 atom stereocenters. The summed E-state index contributed by atoms with van der Waals surface area (Å²) < 4.78 is 10.9. The van der Waals surface area contributed by atoms with Crippen molar-refractivity contribution in [1.29, 1.82) is 5.26 Å². The maximum atomic E-state index is 12.1. The summed E-state index contributed by atoms with van der Waals surface area (Å²) in [4.78, 5) is 5.05. The summed E-state index contributed by atoms with van der Waals surface area (Å²) in [6.45, 7) is 3.86. The van der Waals surface area contributed by atoms with Gasteiger partial charge in [-0.1, -0.05) is 6.07 Å². The normalized spacial score (nSPS) is 25.4. The third kappa shape index (κ3) is 2.31. The molecule has 0 saturated carbocycles. The smallest absolute Gasteiger partial charge is 0.271 e. The first-order chi connectivity index (χ1) is 9.56. The van der Waals surface area contributed by atoms with Gasteiger partial charge >= 0.3 is 0 Å². The summed E-state index contributed by atoms with van der Waals surface area (Å²) in [7, 11) is 1.56. The lowest BCUT2D eigenvalue weighted by Crippen LogP contribution is -3.13.